The summed E-state index contributed by atoms with van der Waals surface area (Å²) in [5.74, 6) is -1.93. The highest BCUT2D eigenvalue weighted by Gasteiger charge is 2.30. The van der Waals surface area contributed by atoms with E-state index in [9.17, 15) is 22.4 Å². The number of hydrogen-bond donors (Lipinski definition) is 1. The van der Waals surface area contributed by atoms with Gasteiger partial charge in [-0.05, 0) is 42.5 Å². The van der Waals surface area contributed by atoms with Crippen LogP contribution in [0.25, 0.3) is 0 Å². The number of para-hydroxylation sites is 1. The monoisotopic (exact) mass is 417 g/mol. The molecule has 0 saturated heterocycles. The van der Waals surface area contributed by atoms with Gasteiger partial charge in [0.1, 0.15) is 11.5 Å². The zero-order valence-electron chi connectivity index (χ0n) is 15.4. The van der Waals surface area contributed by atoms with Crippen molar-refractivity contribution >= 4 is 33.5 Å². The molecular weight excluding hydrogens is 401 g/mol. The van der Waals surface area contributed by atoms with Gasteiger partial charge in [-0.15, -0.1) is 4.40 Å². The van der Waals surface area contributed by atoms with Gasteiger partial charge in [-0.3, -0.25) is 4.79 Å². The van der Waals surface area contributed by atoms with Gasteiger partial charge in [0, 0.05) is 12.6 Å². The molecule has 2 aromatic carbocycles. The van der Waals surface area contributed by atoms with Crippen molar-refractivity contribution in [2.24, 2.45) is 4.40 Å². The number of nitrogens with one attached hydrogen (secondary N) is 1. The number of amides is 1. The van der Waals surface area contributed by atoms with Gasteiger partial charge in [0.2, 0.25) is 0 Å². The minimum Gasteiger partial charge on any atom is -0.465 e. The van der Waals surface area contributed by atoms with E-state index in [1.54, 1.807) is 12.1 Å². The number of methoxy groups -OCH3 is 1. The van der Waals surface area contributed by atoms with E-state index in [1.807, 2.05) is 0 Å². The Morgan fingerprint density at radius 2 is 1.76 bits per heavy atom. The first-order valence-electron chi connectivity index (χ1n) is 8.28. The average molecular weight is 417 g/mol. The van der Waals surface area contributed by atoms with Crippen LogP contribution in [0.5, 0.6) is 0 Å². The SMILES string of the molecule is COC(=O)c1ccccc1NC(=O)C1=CC(c2ccc(F)cc2)=NS(=O)(=O)N1C. The van der Waals surface area contributed by atoms with E-state index in [1.165, 1.54) is 44.5 Å². The lowest BCUT2D eigenvalue weighted by molar-refractivity contribution is -0.113. The van der Waals surface area contributed by atoms with Crippen LogP contribution in [0.15, 0.2) is 64.7 Å². The van der Waals surface area contributed by atoms with E-state index >= 15 is 0 Å². The van der Waals surface area contributed by atoms with Crippen LogP contribution < -0.4 is 5.32 Å². The van der Waals surface area contributed by atoms with Crippen LogP contribution in [0.4, 0.5) is 10.1 Å². The molecule has 1 N–H and O–H groups in total. The summed E-state index contributed by atoms with van der Waals surface area (Å²) in [6.45, 7) is 0. The molecule has 29 heavy (non-hydrogen) atoms. The molecule has 2 aromatic rings. The summed E-state index contributed by atoms with van der Waals surface area (Å²) in [5.41, 5.74) is 0.344. The highest BCUT2D eigenvalue weighted by molar-refractivity contribution is 7.88. The summed E-state index contributed by atoms with van der Waals surface area (Å²) in [6.07, 6.45) is 1.27. The van der Waals surface area contributed by atoms with Crippen molar-refractivity contribution < 1.29 is 27.1 Å². The summed E-state index contributed by atoms with van der Waals surface area (Å²) in [5, 5.41) is 2.52. The lowest BCUT2D eigenvalue weighted by Crippen LogP contribution is -2.35. The number of likely N-dealkylation sites (N-methyl/N-ethyl adjacent to an activating group) is 1. The number of nitrogens with zero attached hydrogens (tertiary/aromatic N) is 2. The topological polar surface area (TPSA) is 105 Å². The number of carbonyl (C=O) groups excluding carboxylic acids is 2. The molecule has 0 atom stereocenters. The number of ether oxygens (including phenoxy) is 1. The summed E-state index contributed by atoms with van der Waals surface area (Å²) in [6, 6.07) is 11.2. The molecule has 0 saturated carbocycles. The van der Waals surface area contributed by atoms with E-state index < -0.39 is 27.9 Å². The number of halogens is 1. The van der Waals surface area contributed by atoms with E-state index in [4.69, 9.17) is 0 Å². The third kappa shape index (κ3) is 4.16. The third-order valence-electron chi connectivity index (χ3n) is 4.13. The van der Waals surface area contributed by atoms with Crippen LogP contribution >= 0.6 is 0 Å². The molecular formula is C19H16FN3O5S. The van der Waals surface area contributed by atoms with Gasteiger partial charge in [-0.1, -0.05) is 12.1 Å². The first-order valence-corrected chi connectivity index (χ1v) is 9.68. The maximum Gasteiger partial charge on any atom is 0.345 e. The Morgan fingerprint density at radius 3 is 2.41 bits per heavy atom. The van der Waals surface area contributed by atoms with Crippen molar-refractivity contribution in [3.05, 3.63) is 77.2 Å². The summed E-state index contributed by atoms with van der Waals surface area (Å²) in [7, 11) is -1.80. The minimum absolute atomic E-state index is 0.0190. The second-order valence-electron chi connectivity index (χ2n) is 5.95. The average Bonchev–Trinajstić information content (AvgIpc) is 2.70. The highest BCUT2D eigenvalue weighted by atomic mass is 32.2. The first-order chi connectivity index (χ1) is 13.7. The molecule has 1 aliphatic heterocycles. The Morgan fingerprint density at radius 1 is 1.10 bits per heavy atom. The van der Waals surface area contributed by atoms with E-state index in [0.29, 0.717) is 5.56 Å². The normalized spacial score (nSPS) is 15.2. The predicted molar refractivity (Wildman–Crippen MR) is 104 cm³/mol. The molecule has 0 aromatic heterocycles. The van der Waals surface area contributed by atoms with Crippen molar-refractivity contribution in [3.8, 4) is 0 Å². The standard InChI is InChI=1S/C19H16FN3O5S/c1-23-17(18(24)21-15-6-4-3-5-14(15)19(25)28-2)11-16(22-29(23,26)27)12-7-9-13(20)10-8-12/h3-11H,1-2H3,(H,21,24). The second kappa shape index (κ2) is 7.84. The van der Waals surface area contributed by atoms with Crippen LogP contribution in [0, 0.1) is 5.82 Å². The Balaban J connectivity index is 1.98. The van der Waals surface area contributed by atoms with Crippen molar-refractivity contribution in [2.45, 2.75) is 0 Å². The Bertz CT molecular complexity index is 1140. The van der Waals surface area contributed by atoms with Crippen LogP contribution in [0.1, 0.15) is 15.9 Å². The van der Waals surface area contributed by atoms with Crippen molar-refractivity contribution in [1.82, 2.24) is 4.31 Å². The Labute approximate surface area is 166 Å². The quantitative estimate of drug-likeness (QED) is 0.767. The molecule has 8 nitrogen and oxygen atoms in total. The van der Waals surface area contributed by atoms with Crippen LogP contribution in [0.3, 0.4) is 0 Å². The molecule has 10 heteroatoms. The lowest BCUT2D eigenvalue weighted by atomic mass is 10.1. The lowest BCUT2D eigenvalue weighted by Gasteiger charge is -2.24. The summed E-state index contributed by atoms with van der Waals surface area (Å²) < 4.78 is 47.0. The van der Waals surface area contributed by atoms with Gasteiger partial charge in [-0.2, -0.15) is 8.42 Å². The van der Waals surface area contributed by atoms with Gasteiger partial charge >= 0.3 is 16.2 Å². The predicted octanol–water partition coefficient (Wildman–Crippen LogP) is 2.11. The zero-order chi connectivity index (χ0) is 21.2. The number of anilines is 1. The summed E-state index contributed by atoms with van der Waals surface area (Å²) >= 11 is 0. The molecule has 1 heterocycles. The number of carbonyl (C=O) groups is 2. The molecule has 150 valence electrons. The molecule has 1 aliphatic rings. The minimum atomic E-state index is -4.18. The van der Waals surface area contributed by atoms with Crippen molar-refractivity contribution in [1.29, 1.82) is 0 Å². The Hall–Kier alpha value is -3.53. The molecule has 0 aliphatic carbocycles. The largest absolute Gasteiger partial charge is 0.465 e. The van der Waals surface area contributed by atoms with E-state index in [-0.39, 0.29) is 22.7 Å². The van der Waals surface area contributed by atoms with E-state index in [0.717, 1.165) is 16.4 Å². The maximum absolute atomic E-state index is 13.2. The number of rotatable bonds is 4. The zero-order valence-corrected chi connectivity index (χ0v) is 16.2. The molecule has 0 fully saturated rings. The van der Waals surface area contributed by atoms with Crippen molar-refractivity contribution in [3.63, 3.8) is 0 Å². The number of allylic oxidation sites excluding steroid dienone is 1. The van der Waals surface area contributed by atoms with Gasteiger partial charge in [0.15, 0.2) is 0 Å². The molecule has 0 spiro atoms. The number of benzene rings is 2. The third-order valence-corrected chi connectivity index (χ3v) is 5.44. The second-order valence-corrected chi connectivity index (χ2v) is 7.58. The maximum atomic E-state index is 13.2. The fraction of sp³-hybridized carbons (Fsp3) is 0.105. The molecule has 1 amide bonds. The fourth-order valence-corrected chi connectivity index (χ4v) is 3.50. The first kappa shape index (κ1) is 20.2. The van der Waals surface area contributed by atoms with Crippen LogP contribution in [-0.4, -0.2) is 44.5 Å². The van der Waals surface area contributed by atoms with Gasteiger partial charge in [-0.25, -0.2) is 13.5 Å². The Kier molecular flexibility index (Phi) is 5.46. The molecule has 0 radical (unpaired) electrons. The number of esters is 1. The summed E-state index contributed by atoms with van der Waals surface area (Å²) in [4.78, 5) is 24.7. The van der Waals surface area contributed by atoms with Crippen LogP contribution in [-0.2, 0) is 19.7 Å². The highest BCUT2D eigenvalue weighted by Crippen LogP contribution is 2.23. The van der Waals surface area contributed by atoms with E-state index in [2.05, 4.69) is 14.5 Å². The molecule has 0 bridgehead atoms. The number of hydrogen-bond acceptors (Lipinski definition) is 5. The van der Waals surface area contributed by atoms with Gasteiger partial charge in [0.25, 0.3) is 5.91 Å². The fourth-order valence-electron chi connectivity index (χ4n) is 2.59. The van der Waals surface area contributed by atoms with Crippen molar-refractivity contribution in [2.75, 3.05) is 19.5 Å². The molecule has 0 unspecified atom stereocenters. The van der Waals surface area contributed by atoms with Gasteiger partial charge in [0.05, 0.1) is 24.1 Å². The van der Waals surface area contributed by atoms with Crippen LogP contribution in [0.2, 0.25) is 0 Å². The molecule has 3 rings (SSSR count). The van der Waals surface area contributed by atoms with Gasteiger partial charge < -0.3 is 10.1 Å². The smallest absolute Gasteiger partial charge is 0.345 e.